The Hall–Kier alpha value is -3.86. The molecule has 0 aliphatic heterocycles. The van der Waals surface area contributed by atoms with Crippen LogP contribution in [0.25, 0.3) is 10.9 Å². The largest absolute Gasteiger partial charge is 0.323 e. The Labute approximate surface area is 160 Å². The molecule has 138 valence electrons. The van der Waals surface area contributed by atoms with Crippen molar-refractivity contribution in [3.05, 3.63) is 71.7 Å². The van der Waals surface area contributed by atoms with Gasteiger partial charge in [-0.1, -0.05) is 12.1 Å². The summed E-state index contributed by atoms with van der Waals surface area (Å²) in [5.74, 6) is 0.738. The molecule has 1 aromatic carbocycles. The Morgan fingerprint density at radius 1 is 1.21 bits per heavy atom. The van der Waals surface area contributed by atoms with E-state index < -0.39 is 11.7 Å². The highest BCUT2D eigenvalue weighted by Crippen LogP contribution is 2.29. The van der Waals surface area contributed by atoms with E-state index in [1.807, 2.05) is 37.3 Å². The van der Waals surface area contributed by atoms with Crippen molar-refractivity contribution in [2.75, 3.05) is 5.32 Å². The van der Waals surface area contributed by atoms with E-state index >= 15 is 0 Å². The van der Waals surface area contributed by atoms with Crippen molar-refractivity contribution in [3.63, 3.8) is 0 Å². The fourth-order valence-corrected chi connectivity index (χ4v) is 2.96. The zero-order chi connectivity index (χ0) is 19.5. The lowest BCUT2D eigenvalue weighted by molar-refractivity contribution is 0.615. The second-order valence-electron chi connectivity index (χ2n) is 6.32. The molecular formula is C20H16FN7. The first kappa shape index (κ1) is 17.5. The number of hydrogen-bond acceptors (Lipinski definition) is 6. The third-order valence-electron chi connectivity index (χ3n) is 4.29. The number of nitrogens with one attached hydrogen (secondary N) is 2. The van der Waals surface area contributed by atoms with E-state index in [0.717, 1.165) is 22.8 Å². The predicted molar refractivity (Wildman–Crippen MR) is 102 cm³/mol. The van der Waals surface area contributed by atoms with Gasteiger partial charge in [0.25, 0.3) is 0 Å². The molecule has 0 aliphatic carbocycles. The Morgan fingerprint density at radius 2 is 2.07 bits per heavy atom. The smallest absolute Gasteiger partial charge is 0.153 e. The average molecular weight is 373 g/mol. The van der Waals surface area contributed by atoms with Gasteiger partial charge in [-0.2, -0.15) is 10.4 Å². The molecule has 3 aromatic heterocycles. The van der Waals surface area contributed by atoms with Crippen LogP contribution in [-0.2, 0) is 0 Å². The highest BCUT2D eigenvalue weighted by Gasteiger charge is 2.21. The predicted octanol–water partition coefficient (Wildman–Crippen LogP) is 3.98. The minimum absolute atomic E-state index is 0.123. The van der Waals surface area contributed by atoms with Crippen molar-refractivity contribution in [2.24, 2.45) is 0 Å². The molecule has 3 heterocycles. The number of fused-ring (bicyclic) bond motifs is 1. The normalized spacial score (nSPS) is 11.9. The molecule has 8 heteroatoms. The summed E-state index contributed by atoms with van der Waals surface area (Å²) < 4.78 is 13.3. The number of aryl methyl sites for hydroxylation is 1. The summed E-state index contributed by atoms with van der Waals surface area (Å²) in [7, 11) is 0. The Balaban J connectivity index is 1.83. The molecule has 1 unspecified atom stereocenters. The maximum Gasteiger partial charge on any atom is 0.153 e. The van der Waals surface area contributed by atoms with Gasteiger partial charge in [-0.15, -0.1) is 0 Å². The molecule has 1 atom stereocenters. The van der Waals surface area contributed by atoms with E-state index in [2.05, 4.69) is 36.5 Å². The number of hydrogen-bond donors (Lipinski definition) is 2. The summed E-state index contributed by atoms with van der Waals surface area (Å²) in [6.45, 7) is 1.91. The molecule has 28 heavy (non-hydrogen) atoms. The number of nitrogens with zero attached hydrogens (tertiary/aromatic N) is 5. The molecule has 0 saturated carbocycles. The third-order valence-corrected chi connectivity index (χ3v) is 4.29. The first-order valence-corrected chi connectivity index (χ1v) is 8.68. The van der Waals surface area contributed by atoms with Crippen molar-refractivity contribution in [1.29, 1.82) is 5.26 Å². The van der Waals surface area contributed by atoms with Gasteiger partial charge in [-0.05, 0) is 31.2 Å². The number of aromatic nitrogens is 5. The number of H-pyrrole nitrogens is 1. The summed E-state index contributed by atoms with van der Waals surface area (Å²) in [6, 6.07) is 14.5. The molecule has 4 rings (SSSR count). The molecule has 4 aromatic rings. The number of para-hydroxylation sites is 1. The van der Waals surface area contributed by atoms with Crippen molar-refractivity contribution in [2.45, 2.75) is 19.3 Å². The van der Waals surface area contributed by atoms with Crippen molar-refractivity contribution >= 4 is 22.5 Å². The van der Waals surface area contributed by atoms with E-state index in [9.17, 15) is 9.65 Å². The van der Waals surface area contributed by atoms with Crippen molar-refractivity contribution in [1.82, 2.24) is 25.1 Å². The highest BCUT2D eigenvalue weighted by molar-refractivity contribution is 5.90. The second-order valence-corrected chi connectivity index (χ2v) is 6.32. The van der Waals surface area contributed by atoms with Crippen LogP contribution in [0.1, 0.15) is 29.6 Å². The fourth-order valence-electron chi connectivity index (χ4n) is 2.96. The number of pyridine rings is 1. The van der Waals surface area contributed by atoms with Crippen LogP contribution in [0.3, 0.4) is 0 Å². The number of aromatic amines is 1. The Morgan fingerprint density at radius 3 is 2.79 bits per heavy atom. The van der Waals surface area contributed by atoms with Crippen LogP contribution >= 0.6 is 0 Å². The Kier molecular flexibility index (Phi) is 4.64. The maximum atomic E-state index is 13.3. The van der Waals surface area contributed by atoms with E-state index in [1.54, 1.807) is 6.07 Å². The molecule has 0 bridgehead atoms. The lowest BCUT2D eigenvalue weighted by Crippen LogP contribution is -2.10. The number of halogens is 1. The van der Waals surface area contributed by atoms with E-state index in [-0.39, 0.29) is 6.42 Å². The summed E-state index contributed by atoms with van der Waals surface area (Å²) in [6.07, 6.45) is 1.25. The molecular weight excluding hydrogens is 357 g/mol. The van der Waals surface area contributed by atoms with Gasteiger partial charge in [-0.25, -0.2) is 14.4 Å². The van der Waals surface area contributed by atoms with Gasteiger partial charge in [0.1, 0.15) is 17.5 Å². The zero-order valence-electron chi connectivity index (χ0n) is 15.0. The second kappa shape index (κ2) is 7.40. The molecule has 7 nitrogen and oxygen atoms in total. The number of rotatable bonds is 5. The summed E-state index contributed by atoms with van der Waals surface area (Å²) in [4.78, 5) is 13.4. The molecule has 0 fully saturated rings. The number of benzene rings is 1. The topological polar surface area (TPSA) is 103 Å². The fraction of sp³-hybridized carbons (Fsp3) is 0.150. The highest BCUT2D eigenvalue weighted by atomic mass is 19.1. The van der Waals surface area contributed by atoms with Gasteiger partial charge in [0.15, 0.2) is 5.82 Å². The van der Waals surface area contributed by atoms with Crippen molar-refractivity contribution in [3.8, 4) is 6.07 Å². The first-order valence-electron chi connectivity index (χ1n) is 8.68. The van der Waals surface area contributed by atoms with Gasteiger partial charge in [-0.3, -0.25) is 10.1 Å². The molecule has 0 spiro atoms. The van der Waals surface area contributed by atoms with E-state index in [1.165, 1.54) is 6.07 Å². The zero-order valence-corrected chi connectivity index (χ0v) is 15.0. The van der Waals surface area contributed by atoms with Gasteiger partial charge in [0.2, 0.25) is 0 Å². The summed E-state index contributed by atoms with van der Waals surface area (Å²) in [5.41, 5.74) is 2.19. The lowest BCUT2D eigenvalue weighted by atomic mass is 10.00. The standard InChI is InChI=1S/C20H16FN7/c1-12-10-18(28-27-12)25-20-14-4-2-3-5-17(14)24-19(26-20)15(8-9-22)16-7-6-13(21)11-23-16/h2-7,10-11,15H,8H2,1H3,(H2,24,25,26,27,28). The Bertz CT molecular complexity index is 1160. The van der Waals surface area contributed by atoms with Gasteiger partial charge in [0.05, 0.1) is 35.8 Å². The quantitative estimate of drug-likeness (QED) is 0.548. The lowest BCUT2D eigenvalue weighted by Gasteiger charge is -2.15. The summed E-state index contributed by atoms with van der Waals surface area (Å²) in [5, 5.41) is 20.4. The van der Waals surface area contributed by atoms with Crippen molar-refractivity contribution < 1.29 is 4.39 Å². The van der Waals surface area contributed by atoms with Crippen LogP contribution < -0.4 is 5.32 Å². The minimum Gasteiger partial charge on any atom is -0.323 e. The molecule has 2 N–H and O–H groups in total. The van der Waals surface area contributed by atoms with Crippen LogP contribution in [0.15, 0.2) is 48.7 Å². The first-order chi connectivity index (χ1) is 13.6. The molecule has 0 saturated heterocycles. The van der Waals surface area contributed by atoms with Gasteiger partial charge in [0, 0.05) is 17.1 Å². The van der Waals surface area contributed by atoms with Gasteiger partial charge >= 0.3 is 0 Å². The maximum absolute atomic E-state index is 13.3. The molecule has 0 aliphatic rings. The minimum atomic E-state index is -0.475. The third kappa shape index (κ3) is 3.50. The number of anilines is 2. The summed E-state index contributed by atoms with van der Waals surface area (Å²) >= 11 is 0. The SMILES string of the molecule is Cc1cc(Nc2nc(C(CC#N)c3ccc(F)cn3)nc3ccccc23)n[nH]1. The molecule has 0 amide bonds. The van der Waals surface area contributed by atoms with Crippen LogP contribution in [-0.4, -0.2) is 25.1 Å². The molecule has 0 radical (unpaired) electrons. The van der Waals surface area contributed by atoms with Gasteiger partial charge < -0.3 is 5.32 Å². The van der Waals surface area contributed by atoms with E-state index in [0.29, 0.717) is 23.2 Å². The van der Waals surface area contributed by atoms with Crippen LogP contribution in [0, 0.1) is 24.1 Å². The monoisotopic (exact) mass is 373 g/mol. The number of nitriles is 1. The van der Waals surface area contributed by atoms with Crippen LogP contribution in [0.5, 0.6) is 0 Å². The van der Waals surface area contributed by atoms with Crippen LogP contribution in [0.2, 0.25) is 0 Å². The average Bonchev–Trinajstić information content (AvgIpc) is 3.11. The van der Waals surface area contributed by atoms with E-state index in [4.69, 9.17) is 0 Å². The van der Waals surface area contributed by atoms with Crippen LogP contribution in [0.4, 0.5) is 16.0 Å².